The number of aromatic amines is 1. The molecular weight excluding hydrogens is 400 g/mol. The van der Waals surface area contributed by atoms with E-state index >= 15 is 0 Å². The highest BCUT2D eigenvalue weighted by Gasteiger charge is 2.60. The zero-order valence-corrected chi connectivity index (χ0v) is 18.8. The molecular formula is C26H30N4O2. The maximum absolute atomic E-state index is 14.4. The molecule has 1 spiro atoms. The molecule has 0 aliphatic carbocycles. The van der Waals surface area contributed by atoms with E-state index in [4.69, 9.17) is 0 Å². The predicted molar refractivity (Wildman–Crippen MR) is 127 cm³/mol. The summed E-state index contributed by atoms with van der Waals surface area (Å²) in [6.45, 7) is 5.88. The normalized spacial score (nSPS) is 19.5. The van der Waals surface area contributed by atoms with Crippen molar-refractivity contribution >= 4 is 28.5 Å². The molecule has 3 heterocycles. The van der Waals surface area contributed by atoms with E-state index in [9.17, 15) is 9.59 Å². The highest BCUT2D eigenvalue weighted by Crippen LogP contribution is 2.52. The second kappa shape index (κ2) is 8.01. The van der Waals surface area contributed by atoms with Crippen LogP contribution < -0.4 is 10.2 Å². The predicted octanol–water partition coefficient (Wildman–Crippen LogP) is 4.54. The Morgan fingerprint density at radius 3 is 2.69 bits per heavy atom. The van der Waals surface area contributed by atoms with Crippen LogP contribution in [0.2, 0.25) is 0 Å². The van der Waals surface area contributed by atoms with Crippen molar-refractivity contribution in [2.45, 2.75) is 45.1 Å². The minimum absolute atomic E-state index is 0.0358. The second-order valence-corrected chi connectivity index (χ2v) is 8.70. The number of aromatic nitrogens is 1. The van der Waals surface area contributed by atoms with Crippen LogP contribution in [-0.2, 0) is 16.8 Å². The summed E-state index contributed by atoms with van der Waals surface area (Å²) in [5.41, 5.74) is 3.61. The van der Waals surface area contributed by atoms with Crippen LogP contribution in [0.25, 0.3) is 10.9 Å². The number of urea groups is 1. The van der Waals surface area contributed by atoms with Crippen LogP contribution in [0.4, 0.5) is 10.5 Å². The molecule has 32 heavy (non-hydrogen) atoms. The van der Waals surface area contributed by atoms with Crippen LogP contribution in [0, 0.1) is 0 Å². The molecule has 1 unspecified atom stereocenters. The van der Waals surface area contributed by atoms with E-state index in [0.29, 0.717) is 26.1 Å². The third kappa shape index (κ3) is 2.78. The number of nitrogens with zero attached hydrogens (tertiary/aromatic N) is 2. The topological polar surface area (TPSA) is 68.4 Å². The van der Waals surface area contributed by atoms with Crippen molar-refractivity contribution in [3.8, 4) is 0 Å². The largest absolute Gasteiger partial charge is 0.355 e. The molecule has 1 aromatic heterocycles. The third-order valence-electron chi connectivity index (χ3n) is 6.81. The summed E-state index contributed by atoms with van der Waals surface area (Å²) < 4.78 is 0. The Morgan fingerprint density at radius 2 is 1.88 bits per heavy atom. The minimum atomic E-state index is -1.17. The maximum atomic E-state index is 14.4. The maximum Gasteiger partial charge on any atom is 0.318 e. The molecule has 2 aromatic carbocycles. The molecule has 2 aliphatic rings. The van der Waals surface area contributed by atoms with Crippen LogP contribution in [-0.4, -0.2) is 41.5 Å². The highest BCUT2D eigenvalue weighted by molar-refractivity contribution is 6.12. The van der Waals surface area contributed by atoms with Crippen molar-refractivity contribution in [3.63, 3.8) is 0 Å². The van der Waals surface area contributed by atoms with Crippen molar-refractivity contribution in [2.24, 2.45) is 0 Å². The van der Waals surface area contributed by atoms with E-state index in [1.54, 1.807) is 4.90 Å². The van der Waals surface area contributed by atoms with Gasteiger partial charge in [0.05, 0.1) is 11.4 Å². The van der Waals surface area contributed by atoms with Gasteiger partial charge in [0, 0.05) is 36.1 Å². The van der Waals surface area contributed by atoms with Gasteiger partial charge in [-0.25, -0.2) is 4.79 Å². The molecule has 0 saturated carbocycles. The summed E-state index contributed by atoms with van der Waals surface area (Å²) in [7, 11) is 0. The number of anilines is 1. The third-order valence-corrected chi connectivity index (χ3v) is 6.81. The average Bonchev–Trinajstić information content (AvgIpc) is 3.31. The Morgan fingerprint density at radius 1 is 1.09 bits per heavy atom. The van der Waals surface area contributed by atoms with Gasteiger partial charge in [-0.1, -0.05) is 56.7 Å². The van der Waals surface area contributed by atoms with Crippen LogP contribution in [0.15, 0.2) is 48.5 Å². The number of unbranched alkanes of at least 4 members (excludes halogenated alkanes) is 1. The van der Waals surface area contributed by atoms with Gasteiger partial charge in [-0.15, -0.1) is 0 Å². The van der Waals surface area contributed by atoms with Crippen LogP contribution >= 0.6 is 0 Å². The van der Waals surface area contributed by atoms with Gasteiger partial charge in [-0.05, 0) is 37.0 Å². The number of amides is 3. The summed E-state index contributed by atoms with van der Waals surface area (Å²) in [4.78, 5) is 35.0. The Labute approximate surface area is 188 Å². The molecule has 5 rings (SSSR count). The molecule has 0 radical (unpaired) electrons. The lowest BCUT2D eigenvalue weighted by Gasteiger charge is -2.43. The lowest BCUT2D eigenvalue weighted by Crippen LogP contribution is -2.61. The number of para-hydroxylation sites is 2. The first-order valence-corrected chi connectivity index (χ1v) is 11.7. The molecule has 2 N–H and O–H groups in total. The second-order valence-electron chi connectivity index (χ2n) is 8.70. The molecule has 2 aliphatic heterocycles. The number of hydrogen-bond acceptors (Lipinski definition) is 2. The van der Waals surface area contributed by atoms with Gasteiger partial charge >= 0.3 is 6.03 Å². The van der Waals surface area contributed by atoms with Crippen LogP contribution in [0.5, 0.6) is 0 Å². The van der Waals surface area contributed by atoms with Crippen molar-refractivity contribution in [2.75, 3.05) is 24.5 Å². The fourth-order valence-electron chi connectivity index (χ4n) is 5.35. The molecule has 3 aromatic rings. The first-order valence-electron chi connectivity index (χ1n) is 11.7. The Hall–Kier alpha value is -3.28. The van der Waals surface area contributed by atoms with Gasteiger partial charge in [0.15, 0.2) is 5.54 Å². The summed E-state index contributed by atoms with van der Waals surface area (Å²) in [6.07, 6.45) is 3.47. The average molecular weight is 431 g/mol. The van der Waals surface area contributed by atoms with Crippen molar-refractivity contribution in [1.82, 2.24) is 15.2 Å². The quantitative estimate of drug-likeness (QED) is 0.624. The first-order chi connectivity index (χ1) is 15.6. The van der Waals surface area contributed by atoms with Gasteiger partial charge in [-0.3, -0.25) is 4.79 Å². The van der Waals surface area contributed by atoms with Crippen molar-refractivity contribution in [3.05, 3.63) is 65.4 Å². The monoisotopic (exact) mass is 430 g/mol. The summed E-state index contributed by atoms with van der Waals surface area (Å²) >= 11 is 0. The SMILES string of the molecule is CCCCN1C(=O)C2(c3ccccc31)c1[nH]c3ccccc3c1CCN2C(=O)NCCC. The van der Waals surface area contributed by atoms with Crippen LogP contribution in [0.1, 0.15) is 49.9 Å². The van der Waals surface area contributed by atoms with Crippen molar-refractivity contribution < 1.29 is 9.59 Å². The number of nitrogens with one attached hydrogen (secondary N) is 2. The Kier molecular flexibility index (Phi) is 5.16. The molecule has 0 bridgehead atoms. The molecule has 0 saturated heterocycles. The first kappa shape index (κ1) is 20.6. The summed E-state index contributed by atoms with van der Waals surface area (Å²) in [5.74, 6) is -0.0358. The molecule has 6 nitrogen and oxygen atoms in total. The summed E-state index contributed by atoms with van der Waals surface area (Å²) in [6, 6.07) is 16.0. The van der Waals surface area contributed by atoms with E-state index in [1.165, 1.54) is 0 Å². The van der Waals surface area contributed by atoms with Gasteiger partial charge < -0.3 is 20.1 Å². The number of rotatable bonds is 5. The Balaban J connectivity index is 1.77. The molecule has 1 atom stereocenters. The minimum Gasteiger partial charge on any atom is -0.355 e. The van der Waals surface area contributed by atoms with Gasteiger partial charge in [0.25, 0.3) is 5.91 Å². The van der Waals surface area contributed by atoms with E-state index < -0.39 is 5.54 Å². The van der Waals surface area contributed by atoms with Crippen molar-refractivity contribution in [1.29, 1.82) is 0 Å². The summed E-state index contributed by atoms with van der Waals surface area (Å²) in [5, 5.41) is 4.16. The number of hydrogen-bond donors (Lipinski definition) is 2. The number of carbonyl (C=O) groups is 2. The fourth-order valence-corrected chi connectivity index (χ4v) is 5.35. The standard InChI is InChI=1S/C26H30N4O2/c1-3-5-16-29-22-13-9-7-11-20(22)26(24(29)31)23-19(18-10-6-8-12-21(18)28-23)14-17-30(26)25(32)27-15-4-2/h6-13,28H,3-5,14-17H2,1-2H3,(H,27,32). The Bertz CT molecular complexity index is 1180. The fraction of sp³-hybridized carbons (Fsp3) is 0.385. The zero-order chi connectivity index (χ0) is 22.3. The molecule has 6 heteroatoms. The lowest BCUT2D eigenvalue weighted by atomic mass is 9.80. The van der Waals surface area contributed by atoms with Gasteiger partial charge in [-0.2, -0.15) is 0 Å². The number of benzene rings is 2. The number of carbonyl (C=O) groups excluding carboxylic acids is 2. The van der Waals surface area contributed by atoms with E-state index in [1.807, 2.05) is 54.3 Å². The van der Waals surface area contributed by atoms with E-state index in [-0.39, 0.29) is 11.9 Å². The molecule has 0 fully saturated rings. The van der Waals surface area contributed by atoms with Gasteiger partial charge in [0.1, 0.15) is 0 Å². The van der Waals surface area contributed by atoms with Gasteiger partial charge in [0.2, 0.25) is 0 Å². The van der Waals surface area contributed by atoms with Crippen LogP contribution in [0.3, 0.4) is 0 Å². The number of fused-ring (bicyclic) bond motifs is 6. The molecule has 166 valence electrons. The number of H-pyrrole nitrogens is 1. The smallest absolute Gasteiger partial charge is 0.318 e. The van der Waals surface area contributed by atoms with E-state index in [0.717, 1.165) is 52.7 Å². The highest BCUT2D eigenvalue weighted by atomic mass is 16.2. The molecule has 3 amide bonds. The van der Waals surface area contributed by atoms with E-state index in [2.05, 4.69) is 23.3 Å². The zero-order valence-electron chi connectivity index (χ0n) is 18.8. The lowest BCUT2D eigenvalue weighted by molar-refractivity contribution is -0.126.